The van der Waals surface area contributed by atoms with Crippen LogP contribution in [-0.4, -0.2) is 60.6 Å². The van der Waals surface area contributed by atoms with Crippen LogP contribution < -0.4 is 0 Å². The predicted octanol–water partition coefficient (Wildman–Crippen LogP) is 2.04. The first-order chi connectivity index (χ1) is 10.2. The minimum absolute atomic E-state index is 0.151. The van der Waals surface area contributed by atoms with E-state index in [4.69, 9.17) is 0 Å². The molecule has 126 valence electrons. The molecule has 22 heavy (non-hydrogen) atoms. The smallest absolute Gasteiger partial charge is 0.266 e. The zero-order valence-corrected chi connectivity index (χ0v) is 13.6. The number of nitrogens with zero attached hydrogens (tertiary/aromatic N) is 2. The third-order valence-corrected chi connectivity index (χ3v) is 4.76. The maximum Gasteiger partial charge on any atom is 0.266 e. The average Bonchev–Trinajstić information content (AvgIpc) is 2.44. The van der Waals surface area contributed by atoms with Gasteiger partial charge < -0.3 is 9.80 Å². The van der Waals surface area contributed by atoms with E-state index in [1.54, 1.807) is 13.8 Å². The zero-order valence-electron chi connectivity index (χ0n) is 13.6. The van der Waals surface area contributed by atoms with Gasteiger partial charge in [-0.15, -0.1) is 0 Å². The van der Waals surface area contributed by atoms with Crippen LogP contribution in [0.3, 0.4) is 0 Å². The quantitative estimate of drug-likeness (QED) is 0.800. The Morgan fingerprint density at radius 2 is 1.73 bits per heavy atom. The number of hydrogen-bond acceptors (Lipinski definition) is 3. The fraction of sp³-hybridized carbons (Fsp3) is 0.875. The van der Waals surface area contributed by atoms with Crippen molar-refractivity contribution in [3.05, 3.63) is 0 Å². The lowest BCUT2D eigenvalue weighted by Crippen LogP contribution is -2.54. The highest BCUT2D eigenvalue weighted by molar-refractivity contribution is 5.85. The van der Waals surface area contributed by atoms with Crippen LogP contribution in [0.4, 0.5) is 8.78 Å². The van der Waals surface area contributed by atoms with Crippen LogP contribution in [0.2, 0.25) is 0 Å². The molecule has 6 heteroatoms. The summed E-state index contributed by atoms with van der Waals surface area (Å²) in [6, 6.07) is 0. The van der Waals surface area contributed by atoms with Gasteiger partial charge in [-0.25, -0.2) is 8.78 Å². The molecule has 0 aliphatic carbocycles. The van der Waals surface area contributed by atoms with E-state index in [0.29, 0.717) is 12.8 Å². The molecule has 1 amide bonds. The Bertz CT molecular complexity index is 432. The molecule has 1 unspecified atom stereocenters. The predicted molar refractivity (Wildman–Crippen MR) is 79.7 cm³/mol. The van der Waals surface area contributed by atoms with Gasteiger partial charge >= 0.3 is 0 Å². The second kappa shape index (κ2) is 6.60. The Hall–Kier alpha value is -1.04. The van der Waals surface area contributed by atoms with Crippen molar-refractivity contribution in [3.63, 3.8) is 0 Å². The molecule has 2 aliphatic rings. The van der Waals surface area contributed by atoms with Crippen molar-refractivity contribution in [2.45, 2.75) is 39.0 Å². The van der Waals surface area contributed by atoms with Crippen molar-refractivity contribution in [1.29, 1.82) is 0 Å². The maximum absolute atomic E-state index is 14.0. The molecule has 2 fully saturated rings. The van der Waals surface area contributed by atoms with Crippen LogP contribution in [0.5, 0.6) is 0 Å². The van der Waals surface area contributed by atoms with Gasteiger partial charge in [-0.05, 0) is 33.0 Å². The third-order valence-electron chi connectivity index (χ3n) is 4.76. The van der Waals surface area contributed by atoms with E-state index in [1.807, 2.05) is 7.05 Å². The van der Waals surface area contributed by atoms with Crippen LogP contribution in [-0.2, 0) is 9.59 Å². The third kappa shape index (κ3) is 4.03. The van der Waals surface area contributed by atoms with Crippen LogP contribution in [0.1, 0.15) is 33.1 Å². The van der Waals surface area contributed by atoms with Gasteiger partial charge in [0.05, 0.1) is 6.54 Å². The molecular formula is C16H26F2N2O2. The number of amides is 1. The number of alkyl halides is 2. The Labute approximate surface area is 130 Å². The number of hydrogen-bond donors (Lipinski definition) is 0. The maximum atomic E-state index is 14.0. The number of rotatable bonds is 3. The number of ketones is 1. The highest BCUT2D eigenvalue weighted by Gasteiger charge is 2.45. The van der Waals surface area contributed by atoms with E-state index in [1.165, 1.54) is 4.90 Å². The molecule has 2 aliphatic heterocycles. The van der Waals surface area contributed by atoms with Crippen molar-refractivity contribution < 1.29 is 18.4 Å². The molecule has 0 saturated carbocycles. The van der Waals surface area contributed by atoms with Gasteiger partial charge in [0.1, 0.15) is 5.78 Å². The molecule has 0 spiro atoms. The second-order valence-electron chi connectivity index (χ2n) is 7.11. The van der Waals surface area contributed by atoms with E-state index in [9.17, 15) is 18.4 Å². The Morgan fingerprint density at radius 3 is 2.27 bits per heavy atom. The Balaban J connectivity index is 2.05. The SMILES string of the molecule is CC(C)C(=O)C1CN(C(=O)C2CCN(C)CC2)CC(F)(F)C1. The summed E-state index contributed by atoms with van der Waals surface area (Å²) in [6.07, 6.45) is 0.988. The van der Waals surface area contributed by atoms with Gasteiger partial charge in [-0.3, -0.25) is 9.59 Å². The number of halogens is 2. The van der Waals surface area contributed by atoms with Gasteiger partial charge in [0, 0.05) is 30.7 Å². The molecule has 0 bridgehead atoms. The second-order valence-corrected chi connectivity index (χ2v) is 7.11. The molecule has 0 N–H and O–H groups in total. The van der Waals surface area contributed by atoms with Crippen LogP contribution in [0, 0.1) is 17.8 Å². The monoisotopic (exact) mass is 316 g/mol. The molecule has 2 heterocycles. The number of piperidine rings is 2. The van der Waals surface area contributed by atoms with Gasteiger partial charge in [0.15, 0.2) is 0 Å². The average molecular weight is 316 g/mol. The van der Waals surface area contributed by atoms with E-state index in [2.05, 4.69) is 4.90 Å². The van der Waals surface area contributed by atoms with Crippen molar-refractivity contribution in [1.82, 2.24) is 9.80 Å². The number of Topliss-reactive ketones (excluding diaryl/α,β-unsaturated/α-hetero) is 1. The number of likely N-dealkylation sites (tertiary alicyclic amines) is 2. The summed E-state index contributed by atoms with van der Waals surface area (Å²) in [4.78, 5) is 28.0. The number of carbonyl (C=O) groups is 2. The van der Waals surface area contributed by atoms with Crippen LogP contribution >= 0.6 is 0 Å². The molecule has 1 atom stereocenters. The zero-order chi connectivity index (χ0) is 16.5. The summed E-state index contributed by atoms with van der Waals surface area (Å²) in [5.41, 5.74) is 0. The minimum atomic E-state index is -2.96. The van der Waals surface area contributed by atoms with Crippen LogP contribution in [0.15, 0.2) is 0 Å². The lowest BCUT2D eigenvalue weighted by Gasteiger charge is -2.40. The van der Waals surface area contributed by atoms with Gasteiger partial charge in [0.2, 0.25) is 5.91 Å². The highest BCUT2D eigenvalue weighted by atomic mass is 19.3. The number of carbonyl (C=O) groups excluding carboxylic acids is 2. The highest BCUT2D eigenvalue weighted by Crippen LogP contribution is 2.33. The van der Waals surface area contributed by atoms with Crippen LogP contribution in [0.25, 0.3) is 0 Å². The summed E-state index contributed by atoms with van der Waals surface area (Å²) >= 11 is 0. The first-order valence-corrected chi connectivity index (χ1v) is 8.08. The van der Waals surface area contributed by atoms with E-state index < -0.39 is 24.8 Å². The fourth-order valence-electron chi connectivity index (χ4n) is 3.44. The van der Waals surface area contributed by atoms with Crippen molar-refractivity contribution in [3.8, 4) is 0 Å². The fourth-order valence-corrected chi connectivity index (χ4v) is 3.44. The lowest BCUT2D eigenvalue weighted by atomic mass is 9.85. The minimum Gasteiger partial charge on any atom is -0.336 e. The molecule has 0 aromatic carbocycles. The lowest BCUT2D eigenvalue weighted by molar-refractivity contribution is -0.155. The van der Waals surface area contributed by atoms with E-state index in [0.717, 1.165) is 13.1 Å². The van der Waals surface area contributed by atoms with Gasteiger partial charge in [0.25, 0.3) is 5.92 Å². The summed E-state index contributed by atoms with van der Waals surface area (Å²) in [5.74, 6) is -4.53. The standard InChI is InChI=1S/C16H26F2N2O2/c1-11(2)14(21)13-8-16(17,18)10-20(9-13)15(22)12-4-6-19(3)7-5-12/h11-13H,4-10H2,1-3H3. The molecular weight excluding hydrogens is 290 g/mol. The van der Waals surface area contributed by atoms with Gasteiger partial charge in [-0.1, -0.05) is 13.8 Å². The van der Waals surface area contributed by atoms with E-state index >= 15 is 0 Å². The summed E-state index contributed by atoms with van der Waals surface area (Å²) in [7, 11) is 1.99. The molecule has 2 rings (SSSR count). The van der Waals surface area contributed by atoms with Crippen molar-refractivity contribution in [2.24, 2.45) is 17.8 Å². The first kappa shape index (κ1) is 17.3. The Kier molecular flexibility index (Phi) is 5.20. The molecule has 2 saturated heterocycles. The summed E-state index contributed by atoms with van der Waals surface area (Å²) in [6.45, 7) is 4.68. The molecule has 4 nitrogen and oxygen atoms in total. The topological polar surface area (TPSA) is 40.6 Å². The van der Waals surface area contributed by atoms with E-state index in [-0.39, 0.29) is 30.1 Å². The molecule has 0 aromatic heterocycles. The summed E-state index contributed by atoms with van der Waals surface area (Å²) < 4.78 is 27.9. The van der Waals surface area contributed by atoms with Crippen molar-refractivity contribution >= 4 is 11.7 Å². The van der Waals surface area contributed by atoms with Gasteiger partial charge in [-0.2, -0.15) is 0 Å². The molecule has 0 radical (unpaired) electrons. The largest absolute Gasteiger partial charge is 0.336 e. The Morgan fingerprint density at radius 1 is 1.14 bits per heavy atom. The molecule has 0 aromatic rings. The van der Waals surface area contributed by atoms with Crippen molar-refractivity contribution in [2.75, 3.05) is 33.2 Å². The first-order valence-electron chi connectivity index (χ1n) is 8.08. The normalized spacial score (nSPS) is 27.2. The summed E-state index contributed by atoms with van der Waals surface area (Å²) in [5, 5.41) is 0.